The Balaban J connectivity index is 4.39. The summed E-state index contributed by atoms with van der Waals surface area (Å²) in [6, 6.07) is -2.11. The maximum Gasteiger partial charge on any atom is 0.326 e. The third-order valence-corrected chi connectivity index (χ3v) is 2.08. The second-order valence-corrected chi connectivity index (χ2v) is 4.31. The molecule has 0 heterocycles. The van der Waals surface area contributed by atoms with E-state index in [1.165, 1.54) is 0 Å². The van der Waals surface area contributed by atoms with Gasteiger partial charge in [0.1, 0.15) is 6.04 Å². The van der Waals surface area contributed by atoms with E-state index in [1.54, 1.807) is 0 Å². The van der Waals surface area contributed by atoms with Gasteiger partial charge < -0.3 is 21.9 Å². The zero-order valence-electron chi connectivity index (χ0n) is 9.97. The van der Waals surface area contributed by atoms with Crippen LogP contribution in [0.1, 0.15) is 26.7 Å². The van der Waals surface area contributed by atoms with Crippen LogP contribution in [0.2, 0.25) is 0 Å². The average molecular weight is 245 g/mol. The summed E-state index contributed by atoms with van der Waals surface area (Å²) in [6.07, 6.45) is -0.00971. The van der Waals surface area contributed by atoms with E-state index in [0.717, 1.165) is 0 Å². The van der Waals surface area contributed by atoms with E-state index < -0.39 is 29.9 Å². The molecule has 0 aromatic rings. The number of carbonyl (C=O) groups is 3. The molecule has 0 aromatic heterocycles. The predicted molar refractivity (Wildman–Crippen MR) is 60.8 cm³/mol. The maximum absolute atomic E-state index is 11.5. The summed E-state index contributed by atoms with van der Waals surface area (Å²) >= 11 is 0. The van der Waals surface area contributed by atoms with Gasteiger partial charge in [-0.05, 0) is 12.3 Å². The van der Waals surface area contributed by atoms with Crippen LogP contribution in [0.5, 0.6) is 0 Å². The molecular formula is C10H19N3O4. The van der Waals surface area contributed by atoms with Gasteiger partial charge in [0.05, 0.1) is 12.5 Å². The Hall–Kier alpha value is -1.63. The van der Waals surface area contributed by atoms with Crippen LogP contribution in [0, 0.1) is 5.92 Å². The molecule has 0 aliphatic rings. The van der Waals surface area contributed by atoms with Crippen LogP contribution < -0.4 is 16.8 Å². The summed E-state index contributed by atoms with van der Waals surface area (Å²) in [5.74, 6) is -2.40. The zero-order chi connectivity index (χ0) is 13.6. The van der Waals surface area contributed by atoms with Crippen molar-refractivity contribution in [3.63, 3.8) is 0 Å². The fraction of sp³-hybridized carbons (Fsp3) is 0.700. The summed E-state index contributed by atoms with van der Waals surface area (Å²) in [5.41, 5.74) is 10.3. The summed E-state index contributed by atoms with van der Waals surface area (Å²) in [7, 11) is 0. The molecule has 0 saturated carbocycles. The van der Waals surface area contributed by atoms with Crippen molar-refractivity contribution in [3.8, 4) is 0 Å². The number of carbonyl (C=O) groups excluding carboxylic acids is 2. The second kappa shape index (κ2) is 6.85. The van der Waals surface area contributed by atoms with Gasteiger partial charge in [0.15, 0.2) is 0 Å². The van der Waals surface area contributed by atoms with Crippen LogP contribution in [0.15, 0.2) is 0 Å². The minimum atomic E-state index is -1.13. The molecule has 0 fully saturated rings. The number of aliphatic carboxylic acids is 1. The molecule has 0 saturated heterocycles. The summed E-state index contributed by atoms with van der Waals surface area (Å²) in [5, 5.41) is 11.2. The molecule has 0 aromatic carbocycles. The molecule has 0 bridgehead atoms. The van der Waals surface area contributed by atoms with Crippen LogP contribution in [0.4, 0.5) is 0 Å². The van der Waals surface area contributed by atoms with Crippen LogP contribution in [0.3, 0.4) is 0 Å². The highest BCUT2D eigenvalue weighted by Gasteiger charge is 2.24. The molecule has 0 aliphatic heterocycles. The Bertz CT molecular complexity index is 304. The molecule has 0 aliphatic carbocycles. The Labute approximate surface area is 99.5 Å². The van der Waals surface area contributed by atoms with Gasteiger partial charge in [0, 0.05) is 0 Å². The first-order valence-electron chi connectivity index (χ1n) is 5.31. The Morgan fingerprint density at radius 2 is 1.82 bits per heavy atom. The highest BCUT2D eigenvalue weighted by Crippen LogP contribution is 2.05. The average Bonchev–Trinajstić information content (AvgIpc) is 2.14. The number of nitrogens with one attached hydrogen (secondary N) is 1. The lowest BCUT2D eigenvalue weighted by molar-refractivity contribution is -0.142. The number of nitrogens with two attached hydrogens (primary N) is 2. The van der Waals surface area contributed by atoms with Crippen molar-refractivity contribution in [2.24, 2.45) is 17.4 Å². The van der Waals surface area contributed by atoms with Gasteiger partial charge in [0.2, 0.25) is 11.8 Å². The smallest absolute Gasteiger partial charge is 0.326 e. The van der Waals surface area contributed by atoms with Gasteiger partial charge in [-0.15, -0.1) is 0 Å². The highest BCUT2D eigenvalue weighted by atomic mass is 16.4. The van der Waals surface area contributed by atoms with Crippen molar-refractivity contribution >= 4 is 17.8 Å². The minimum Gasteiger partial charge on any atom is -0.480 e. The third kappa shape index (κ3) is 6.52. The molecule has 98 valence electrons. The predicted octanol–water partition coefficient (Wildman–Crippen LogP) is -1.20. The fourth-order valence-electron chi connectivity index (χ4n) is 1.28. The molecule has 7 heteroatoms. The number of primary amides is 1. The van der Waals surface area contributed by atoms with E-state index in [4.69, 9.17) is 16.6 Å². The maximum atomic E-state index is 11.5. The monoisotopic (exact) mass is 245 g/mol. The Morgan fingerprint density at radius 3 is 2.18 bits per heavy atom. The second-order valence-electron chi connectivity index (χ2n) is 4.31. The number of amides is 2. The van der Waals surface area contributed by atoms with Crippen molar-refractivity contribution in [1.82, 2.24) is 5.32 Å². The summed E-state index contributed by atoms with van der Waals surface area (Å²) in [4.78, 5) is 32.9. The van der Waals surface area contributed by atoms with Crippen molar-refractivity contribution < 1.29 is 19.5 Å². The Morgan fingerprint density at radius 1 is 1.29 bits per heavy atom. The van der Waals surface area contributed by atoms with Gasteiger partial charge in [-0.3, -0.25) is 9.59 Å². The molecule has 0 spiro atoms. The molecule has 7 nitrogen and oxygen atoms in total. The molecule has 6 N–H and O–H groups in total. The van der Waals surface area contributed by atoms with Crippen LogP contribution >= 0.6 is 0 Å². The molecule has 0 radical (unpaired) electrons. The lowest BCUT2D eigenvalue weighted by Crippen LogP contribution is -2.49. The first kappa shape index (κ1) is 15.4. The largest absolute Gasteiger partial charge is 0.480 e. The van der Waals surface area contributed by atoms with Crippen LogP contribution in [-0.2, 0) is 14.4 Å². The molecule has 2 amide bonds. The molecule has 17 heavy (non-hydrogen) atoms. The highest BCUT2D eigenvalue weighted by molar-refractivity contribution is 5.90. The van der Waals surface area contributed by atoms with Crippen molar-refractivity contribution in [2.75, 3.05) is 0 Å². The van der Waals surface area contributed by atoms with E-state index in [2.05, 4.69) is 5.32 Å². The van der Waals surface area contributed by atoms with Crippen molar-refractivity contribution in [2.45, 2.75) is 38.8 Å². The SMILES string of the molecule is CC(C)C[C@H](NC(=O)[C@H](N)CC(N)=O)C(=O)O. The van der Waals surface area contributed by atoms with E-state index in [1.807, 2.05) is 13.8 Å². The van der Waals surface area contributed by atoms with Gasteiger partial charge in [-0.2, -0.15) is 0 Å². The van der Waals surface area contributed by atoms with E-state index in [-0.39, 0.29) is 12.3 Å². The van der Waals surface area contributed by atoms with Gasteiger partial charge >= 0.3 is 5.97 Å². The number of carboxylic acids is 1. The first-order valence-corrected chi connectivity index (χ1v) is 5.31. The third-order valence-electron chi connectivity index (χ3n) is 2.08. The van der Waals surface area contributed by atoms with E-state index in [9.17, 15) is 14.4 Å². The normalized spacial score (nSPS) is 14.1. The Kier molecular flexibility index (Phi) is 6.19. The standard InChI is InChI=1S/C10H19N3O4/c1-5(2)3-7(10(16)17)13-9(15)6(11)4-8(12)14/h5-7H,3-4,11H2,1-2H3,(H2,12,14)(H,13,15)(H,16,17)/t6-,7+/m1/s1. The molecule has 2 atom stereocenters. The summed E-state index contributed by atoms with van der Waals surface area (Å²) < 4.78 is 0. The fourth-order valence-corrected chi connectivity index (χ4v) is 1.28. The van der Waals surface area contributed by atoms with E-state index in [0.29, 0.717) is 6.42 Å². The molecule has 0 unspecified atom stereocenters. The lowest BCUT2D eigenvalue weighted by atomic mass is 10.0. The number of hydrogen-bond acceptors (Lipinski definition) is 4. The minimum absolute atomic E-state index is 0.115. The lowest BCUT2D eigenvalue weighted by Gasteiger charge is -2.18. The molecular weight excluding hydrogens is 226 g/mol. The number of carboxylic acid groups (broad SMARTS) is 1. The number of rotatable bonds is 7. The van der Waals surface area contributed by atoms with E-state index >= 15 is 0 Å². The quantitative estimate of drug-likeness (QED) is 0.447. The van der Waals surface area contributed by atoms with Crippen molar-refractivity contribution in [1.29, 1.82) is 0 Å². The topological polar surface area (TPSA) is 136 Å². The van der Waals surface area contributed by atoms with Crippen molar-refractivity contribution in [3.05, 3.63) is 0 Å². The first-order chi connectivity index (χ1) is 7.73. The van der Waals surface area contributed by atoms with Gasteiger partial charge in [-0.25, -0.2) is 4.79 Å². The van der Waals surface area contributed by atoms with Gasteiger partial charge in [-0.1, -0.05) is 13.8 Å². The zero-order valence-corrected chi connectivity index (χ0v) is 9.97. The van der Waals surface area contributed by atoms with Crippen LogP contribution in [0.25, 0.3) is 0 Å². The molecule has 0 rings (SSSR count). The summed E-state index contributed by atoms with van der Waals surface area (Å²) in [6.45, 7) is 3.68. The van der Waals surface area contributed by atoms with Crippen LogP contribution in [-0.4, -0.2) is 35.0 Å². The number of hydrogen-bond donors (Lipinski definition) is 4. The van der Waals surface area contributed by atoms with Gasteiger partial charge in [0.25, 0.3) is 0 Å².